The molecule has 0 saturated carbocycles. The molecule has 0 atom stereocenters. The van der Waals surface area contributed by atoms with Gasteiger partial charge in [0, 0.05) is 25.9 Å². The molecule has 0 bridgehead atoms. The maximum atomic E-state index is 10.9. The number of hydrogen-bond acceptors (Lipinski definition) is 6. The van der Waals surface area contributed by atoms with Gasteiger partial charge < -0.3 is 5.32 Å². The lowest BCUT2D eigenvalue weighted by Gasteiger charge is -2.04. The summed E-state index contributed by atoms with van der Waals surface area (Å²) in [7, 11) is 1.66. The van der Waals surface area contributed by atoms with E-state index in [9.17, 15) is 10.1 Å². The van der Waals surface area contributed by atoms with E-state index in [0.29, 0.717) is 18.1 Å². The summed E-state index contributed by atoms with van der Waals surface area (Å²) < 4.78 is 0. The molecule has 0 spiro atoms. The minimum Gasteiger partial charge on any atom is -0.357 e. The highest BCUT2D eigenvalue weighted by molar-refractivity contribution is 5.40. The number of aromatic nitrogens is 3. The van der Waals surface area contributed by atoms with Crippen molar-refractivity contribution in [2.75, 3.05) is 12.4 Å². The summed E-state index contributed by atoms with van der Waals surface area (Å²) in [6.45, 7) is 0. The van der Waals surface area contributed by atoms with E-state index in [1.807, 2.05) is 0 Å². The lowest BCUT2D eigenvalue weighted by molar-refractivity contribution is -0.386. The van der Waals surface area contributed by atoms with Crippen molar-refractivity contribution in [2.24, 2.45) is 0 Å². The van der Waals surface area contributed by atoms with E-state index in [4.69, 9.17) is 0 Å². The highest BCUT2D eigenvalue weighted by atomic mass is 16.6. The Bertz CT molecular complexity index is 559. The molecule has 7 nitrogen and oxygen atoms in total. The fourth-order valence-corrected chi connectivity index (χ4v) is 1.51. The van der Waals surface area contributed by atoms with E-state index in [2.05, 4.69) is 20.3 Å². The van der Waals surface area contributed by atoms with Gasteiger partial charge in [0.15, 0.2) is 0 Å². The quantitative estimate of drug-likeness (QED) is 0.646. The smallest absolute Gasteiger partial charge is 0.309 e. The number of nitrogens with one attached hydrogen (secondary N) is 1. The zero-order valence-electron chi connectivity index (χ0n) is 9.70. The van der Waals surface area contributed by atoms with Gasteiger partial charge in [-0.2, -0.15) is 0 Å². The van der Waals surface area contributed by atoms with E-state index in [1.165, 1.54) is 6.20 Å². The lowest BCUT2D eigenvalue weighted by atomic mass is 10.1. The van der Waals surface area contributed by atoms with Gasteiger partial charge in [-0.25, -0.2) is 9.97 Å². The van der Waals surface area contributed by atoms with Crippen LogP contribution in [0.3, 0.4) is 0 Å². The van der Waals surface area contributed by atoms with Crippen molar-refractivity contribution in [1.82, 2.24) is 15.0 Å². The van der Waals surface area contributed by atoms with Crippen LogP contribution >= 0.6 is 0 Å². The van der Waals surface area contributed by atoms with Crippen LogP contribution < -0.4 is 5.32 Å². The van der Waals surface area contributed by atoms with Gasteiger partial charge in [0.05, 0.1) is 4.92 Å². The maximum Gasteiger partial charge on any atom is 0.309 e. The first-order valence-corrected chi connectivity index (χ1v) is 5.27. The molecule has 2 aromatic rings. The summed E-state index contributed by atoms with van der Waals surface area (Å²) in [6.07, 6.45) is 4.87. The SMILES string of the molecule is CNc1ncc([N+](=O)[O-])c(Cc2ccncc2)n1. The van der Waals surface area contributed by atoms with E-state index in [1.54, 1.807) is 31.6 Å². The Hall–Kier alpha value is -2.57. The Balaban J connectivity index is 2.38. The summed E-state index contributed by atoms with van der Waals surface area (Å²) in [5, 5.41) is 13.7. The van der Waals surface area contributed by atoms with Gasteiger partial charge in [0.2, 0.25) is 5.95 Å². The number of hydrogen-bond donors (Lipinski definition) is 1. The van der Waals surface area contributed by atoms with E-state index >= 15 is 0 Å². The molecule has 0 amide bonds. The van der Waals surface area contributed by atoms with E-state index in [-0.39, 0.29) is 5.69 Å². The van der Waals surface area contributed by atoms with E-state index < -0.39 is 4.92 Å². The van der Waals surface area contributed by atoms with Gasteiger partial charge in [0.1, 0.15) is 11.9 Å². The molecule has 7 heteroatoms. The van der Waals surface area contributed by atoms with Gasteiger partial charge >= 0.3 is 5.69 Å². The zero-order valence-corrected chi connectivity index (χ0v) is 9.70. The zero-order chi connectivity index (χ0) is 13.0. The second-order valence-electron chi connectivity index (χ2n) is 3.56. The number of nitrogens with zero attached hydrogens (tertiary/aromatic N) is 4. The molecule has 0 aliphatic carbocycles. The topological polar surface area (TPSA) is 93.8 Å². The molecule has 2 rings (SSSR count). The molecule has 0 saturated heterocycles. The number of pyridine rings is 1. The normalized spacial score (nSPS) is 10.1. The van der Waals surface area contributed by atoms with Crippen molar-refractivity contribution in [2.45, 2.75) is 6.42 Å². The van der Waals surface area contributed by atoms with Gasteiger partial charge in [-0.05, 0) is 17.7 Å². The van der Waals surface area contributed by atoms with Crippen LogP contribution in [0.4, 0.5) is 11.6 Å². The number of nitro groups is 1. The summed E-state index contributed by atoms with van der Waals surface area (Å²) in [5.74, 6) is 0.365. The van der Waals surface area contributed by atoms with Crippen LogP contribution in [0.15, 0.2) is 30.7 Å². The lowest BCUT2D eigenvalue weighted by Crippen LogP contribution is -2.05. The first-order valence-electron chi connectivity index (χ1n) is 5.27. The maximum absolute atomic E-state index is 10.9. The van der Waals surface area contributed by atoms with E-state index in [0.717, 1.165) is 5.56 Å². The predicted octanol–water partition coefficient (Wildman–Crippen LogP) is 1.41. The molecule has 0 aromatic carbocycles. The third kappa shape index (κ3) is 2.57. The van der Waals surface area contributed by atoms with Crippen molar-refractivity contribution in [3.8, 4) is 0 Å². The molecule has 1 N–H and O–H groups in total. The molecule has 92 valence electrons. The Morgan fingerprint density at radius 3 is 2.72 bits per heavy atom. The number of anilines is 1. The van der Waals surface area contributed by atoms with Crippen LogP contribution in [0.5, 0.6) is 0 Å². The molecule has 2 aromatic heterocycles. The first-order chi connectivity index (χ1) is 8.70. The summed E-state index contributed by atoms with van der Waals surface area (Å²) >= 11 is 0. The monoisotopic (exact) mass is 245 g/mol. The fourth-order valence-electron chi connectivity index (χ4n) is 1.51. The molecule has 18 heavy (non-hydrogen) atoms. The van der Waals surface area contributed by atoms with Crippen molar-refractivity contribution in [3.05, 3.63) is 52.1 Å². The van der Waals surface area contributed by atoms with Crippen LogP contribution in [0.1, 0.15) is 11.3 Å². The van der Waals surface area contributed by atoms with Crippen molar-refractivity contribution >= 4 is 11.6 Å². The molecule has 0 aliphatic rings. The van der Waals surface area contributed by atoms with Gasteiger partial charge in [-0.3, -0.25) is 15.1 Å². The van der Waals surface area contributed by atoms with Gasteiger partial charge in [-0.1, -0.05) is 0 Å². The van der Waals surface area contributed by atoms with Crippen molar-refractivity contribution in [3.63, 3.8) is 0 Å². The minimum atomic E-state index is -0.476. The van der Waals surface area contributed by atoms with Crippen LogP contribution in [0.2, 0.25) is 0 Å². The second-order valence-corrected chi connectivity index (χ2v) is 3.56. The third-order valence-corrected chi connectivity index (χ3v) is 2.39. The molecule has 0 unspecified atom stereocenters. The fraction of sp³-hybridized carbons (Fsp3) is 0.182. The highest BCUT2D eigenvalue weighted by Gasteiger charge is 2.17. The van der Waals surface area contributed by atoms with Gasteiger partial charge in [0.25, 0.3) is 0 Å². The van der Waals surface area contributed by atoms with Crippen LogP contribution in [-0.2, 0) is 6.42 Å². The predicted molar refractivity (Wildman–Crippen MR) is 65.3 cm³/mol. The summed E-state index contributed by atoms with van der Waals surface area (Å²) in [5.41, 5.74) is 1.21. The Kier molecular flexibility index (Phi) is 3.42. The molecular weight excluding hydrogens is 234 g/mol. The van der Waals surface area contributed by atoms with Crippen molar-refractivity contribution < 1.29 is 4.92 Å². The molecule has 0 radical (unpaired) electrons. The average Bonchev–Trinajstić information content (AvgIpc) is 2.39. The Labute approximate surface area is 103 Å². The summed E-state index contributed by atoms with van der Waals surface area (Å²) in [6, 6.07) is 3.59. The largest absolute Gasteiger partial charge is 0.357 e. The third-order valence-electron chi connectivity index (χ3n) is 2.39. The summed E-state index contributed by atoms with van der Waals surface area (Å²) in [4.78, 5) is 22.3. The first kappa shape index (κ1) is 11.9. The molecule has 0 fully saturated rings. The minimum absolute atomic E-state index is 0.0780. The Morgan fingerprint density at radius 2 is 2.11 bits per heavy atom. The molecule has 0 aliphatic heterocycles. The average molecular weight is 245 g/mol. The van der Waals surface area contributed by atoms with Crippen LogP contribution in [0.25, 0.3) is 0 Å². The standard InChI is InChI=1S/C11H11N5O2/c1-12-11-14-7-10(16(17)18)9(15-11)6-8-2-4-13-5-3-8/h2-5,7H,6H2,1H3,(H,12,14,15). The number of rotatable bonds is 4. The van der Waals surface area contributed by atoms with Crippen LogP contribution in [-0.4, -0.2) is 26.9 Å². The second kappa shape index (κ2) is 5.17. The van der Waals surface area contributed by atoms with Crippen molar-refractivity contribution in [1.29, 1.82) is 0 Å². The highest BCUT2D eigenvalue weighted by Crippen LogP contribution is 2.19. The van der Waals surface area contributed by atoms with Crippen LogP contribution in [0, 0.1) is 10.1 Å². The molecular formula is C11H11N5O2. The molecule has 2 heterocycles. The Morgan fingerprint density at radius 1 is 1.39 bits per heavy atom. The van der Waals surface area contributed by atoms with Gasteiger partial charge in [-0.15, -0.1) is 0 Å².